The van der Waals surface area contributed by atoms with E-state index in [1.165, 1.54) is 21.6 Å². The Bertz CT molecular complexity index is 1350. The van der Waals surface area contributed by atoms with Crippen molar-refractivity contribution >= 4 is 36.7 Å². The third-order valence-corrected chi connectivity index (χ3v) is 7.89. The molecule has 204 valence electrons. The van der Waals surface area contributed by atoms with Gasteiger partial charge in [0.1, 0.15) is 0 Å². The zero-order valence-electron chi connectivity index (χ0n) is 20.6. The maximum atomic E-state index is 13.5. The number of aromatic nitrogens is 4. The number of carbonyl (C=O) groups is 1. The van der Waals surface area contributed by atoms with Gasteiger partial charge in [-0.3, -0.25) is 0 Å². The van der Waals surface area contributed by atoms with E-state index in [2.05, 4.69) is 32.7 Å². The Labute approximate surface area is 222 Å². The molecular weight excluding hydrogens is 576 g/mol. The minimum absolute atomic E-state index is 0.00311. The number of alkyl halides is 5. The monoisotopic (exact) mass is 603 g/mol. The van der Waals surface area contributed by atoms with Gasteiger partial charge >= 0.3 is 222 Å². The number of halogens is 5. The van der Waals surface area contributed by atoms with E-state index in [-0.39, 0.29) is 28.8 Å². The number of hydrogen-bond donors (Lipinski definition) is 2. The van der Waals surface area contributed by atoms with E-state index >= 15 is 0 Å². The number of piperidine rings is 1. The fourth-order valence-electron chi connectivity index (χ4n) is 4.19. The molecule has 0 bridgehead atoms. The molecule has 4 rings (SSSR count). The van der Waals surface area contributed by atoms with Gasteiger partial charge in [0.05, 0.1) is 0 Å². The van der Waals surface area contributed by atoms with Crippen LogP contribution >= 0.6 is 0 Å². The van der Waals surface area contributed by atoms with Crippen LogP contribution < -0.4 is 15.1 Å². The van der Waals surface area contributed by atoms with Crippen molar-refractivity contribution in [1.29, 1.82) is 0 Å². The van der Waals surface area contributed by atoms with E-state index in [1.807, 2.05) is 6.92 Å². The molecule has 0 spiro atoms. The van der Waals surface area contributed by atoms with Crippen molar-refractivity contribution in [1.82, 2.24) is 29.6 Å². The van der Waals surface area contributed by atoms with Gasteiger partial charge in [-0.2, -0.15) is 0 Å². The zero-order valence-corrected chi connectivity index (χ0v) is 22.4. The van der Waals surface area contributed by atoms with Gasteiger partial charge in [0, 0.05) is 0 Å². The molecule has 0 atom stereocenters. The van der Waals surface area contributed by atoms with E-state index in [9.17, 15) is 26.7 Å². The van der Waals surface area contributed by atoms with Gasteiger partial charge in [0.25, 0.3) is 0 Å². The van der Waals surface area contributed by atoms with Crippen LogP contribution in [0.2, 0.25) is 0 Å². The third kappa shape index (κ3) is 7.03. The normalized spacial score (nSPS) is 15.9. The number of aryl methyl sites for hydroxylation is 1. The summed E-state index contributed by atoms with van der Waals surface area (Å²) >= 11 is -1.90. The number of carbonyl (C=O) groups excluding carboxylic acids is 1. The molecule has 0 radical (unpaired) electrons. The number of likely N-dealkylation sites (tertiary alicyclic amines) is 1. The summed E-state index contributed by atoms with van der Waals surface area (Å²) in [6.45, 7) is 2.55. The first-order valence-electron chi connectivity index (χ1n) is 11.7. The maximum absolute atomic E-state index is 13.5. The number of hydrogen-bond acceptors (Lipinski definition) is 5. The second kappa shape index (κ2) is 11.3. The molecule has 3 aromatic rings. The number of nitrogens with zero attached hydrogens (tertiary/aromatic N) is 5. The summed E-state index contributed by atoms with van der Waals surface area (Å²) in [5, 5.41) is 9.85. The van der Waals surface area contributed by atoms with Gasteiger partial charge in [0.15, 0.2) is 0 Å². The molecule has 38 heavy (non-hydrogen) atoms. The van der Waals surface area contributed by atoms with Crippen molar-refractivity contribution in [3.8, 4) is 11.8 Å². The number of rotatable bonds is 7. The minimum atomic E-state index is -4.42. The molecule has 0 aromatic carbocycles. The number of amides is 1. The van der Waals surface area contributed by atoms with Gasteiger partial charge in [-0.05, 0) is 0 Å². The van der Waals surface area contributed by atoms with Crippen molar-refractivity contribution in [3.05, 3.63) is 41.9 Å². The SMILES string of the molecule is Cn1cc(C(=O)NCC#Cc2nn3c(NC4(C)CCN(CC(F)F)CC4)cccc3c2[Se]C(F)(F)F)cn1. The van der Waals surface area contributed by atoms with Gasteiger partial charge in [-0.15, -0.1) is 0 Å². The summed E-state index contributed by atoms with van der Waals surface area (Å²) < 4.78 is 68.8. The van der Waals surface area contributed by atoms with E-state index < -0.39 is 37.9 Å². The second-order valence-electron chi connectivity index (χ2n) is 9.20. The molecule has 1 amide bonds. The summed E-state index contributed by atoms with van der Waals surface area (Å²) in [7, 11) is 1.67. The average molecular weight is 602 g/mol. The Balaban J connectivity index is 1.55. The second-order valence-corrected chi connectivity index (χ2v) is 11.5. The molecule has 1 saturated heterocycles. The predicted molar refractivity (Wildman–Crippen MR) is 133 cm³/mol. The van der Waals surface area contributed by atoms with E-state index in [0.717, 1.165) is 0 Å². The number of anilines is 1. The fraction of sp³-hybridized carbons (Fsp3) is 0.458. The van der Waals surface area contributed by atoms with Crippen molar-refractivity contribution < 1.29 is 26.7 Å². The van der Waals surface area contributed by atoms with Gasteiger partial charge in [-0.1, -0.05) is 0 Å². The van der Waals surface area contributed by atoms with Crippen LogP contribution in [-0.2, 0) is 7.05 Å². The van der Waals surface area contributed by atoms with Crippen LogP contribution in [0.25, 0.3) is 5.52 Å². The number of nitrogens with one attached hydrogen (secondary N) is 2. The van der Waals surface area contributed by atoms with Crippen LogP contribution in [0.5, 0.6) is 0 Å². The van der Waals surface area contributed by atoms with Crippen LogP contribution in [0.15, 0.2) is 30.6 Å². The molecule has 0 unspecified atom stereocenters. The molecular formula is C24H26F5N7OSe. The topological polar surface area (TPSA) is 79.5 Å². The number of pyridine rings is 1. The van der Waals surface area contributed by atoms with Gasteiger partial charge < -0.3 is 0 Å². The molecule has 3 aromatic heterocycles. The van der Waals surface area contributed by atoms with Crippen molar-refractivity contribution in [2.45, 2.75) is 36.8 Å². The molecule has 14 heteroatoms. The summed E-state index contributed by atoms with van der Waals surface area (Å²) in [5.74, 6) is 5.48. The number of fused-ring (bicyclic) bond motifs is 1. The average Bonchev–Trinajstić information content (AvgIpc) is 3.41. The van der Waals surface area contributed by atoms with Crippen molar-refractivity contribution in [2.75, 3.05) is 31.5 Å². The summed E-state index contributed by atoms with van der Waals surface area (Å²) in [6, 6.07) is 4.92. The zero-order chi connectivity index (χ0) is 27.5. The predicted octanol–water partition coefficient (Wildman–Crippen LogP) is 2.23. The molecule has 1 aliphatic heterocycles. The molecule has 0 aliphatic carbocycles. The summed E-state index contributed by atoms with van der Waals surface area (Å²) in [6.07, 6.45) is 1.70. The summed E-state index contributed by atoms with van der Waals surface area (Å²) in [5.41, 5.74) is 0.169. The Kier molecular flexibility index (Phi) is 8.30. The molecule has 4 heterocycles. The van der Waals surface area contributed by atoms with Gasteiger partial charge in [0.2, 0.25) is 0 Å². The first kappa shape index (κ1) is 27.9. The van der Waals surface area contributed by atoms with Crippen LogP contribution in [0.4, 0.5) is 27.8 Å². The Hall–Kier alpha value is -3.14. The van der Waals surface area contributed by atoms with Crippen molar-refractivity contribution in [2.24, 2.45) is 7.05 Å². The molecule has 0 saturated carbocycles. The molecule has 1 aliphatic rings. The Morgan fingerprint density at radius 2 is 2.00 bits per heavy atom. The first-order chi connectivity index (χ1) is 17.9. The van der Waals surface area contributed by atoms with Crippen LogP contribution in [0.3, 0.4) is 0 Å². The van der Waals surface area contributed by atoms with Crippen LogP contribution in [0, 0.1) is 11.8 Å². The van der Waals surface area contributed by atoms with Crippen LogP contribution in [-0.4, -0.2) is 88.4 Å². The quantitative estimate of drug-likeness (QED) is 0.247. The van der Waals surface area contributed by atoms with E-state index in [4.69, 9.17) is 0 Å². The Morgan fingerprint density at radius 3 is 2.63 bits per heavy atom. The Morgan fingerprint density at radius 1 is 1.26 bits per heavy atom. The molecule has 8 nitrogen and oxygen atoms in total. The summed E-state index contributed by atoms with van der Waals surface area (Å²) in [4.78, 5) is 13.9. The van der Waals surface area contributed by atoms with Crippen molar-refractivity contribution in [3.63, 3.8) is 0 Å². The van der Waals surface area contributed by atoms with Gasteiger partial charge in [-0.25, -0.2) is 0 Å². The van der Waals surface area contributed by atoms with E-state index in [0.29, 0.717) is 37.3 Å². The molecule has 1 fully saturated rings. The fourth-order valence-corrected chi connectivity index (χ4v) is 5.62. The molecule has 2 N–H and O–H groups in total. The standard InChI is InChI=1S/C24H26F5N7OSe/c1-23(8-11-35(12-9-23)15-19(25)26)32-20-7-3-6-18-21(38-24(27,28)29)17(33-36(18)20)5-4-10-30-22(37)16-13-31-34(2)14-16/h3,6-7,13-14,19,32H,8-12,15H2,1-2H3,(H,30,37). The van der Waals surface area contributed by atoms with E-state index in [1.54, 1.807) is 30.1 Å². The third-order valence-electron chi connectivity index (χ3n) is 6.13. The first-order valence-corrected chi connectivity index (χ1v) is 13.5. The van der Waals surface area contributed by atoms with Crippen LogP contribution in [0.1, 0.15) is 35.8 Å².